The number of carbonyl (C=O) groups excluding carboxylic acids is 1. The second-order valence-electron chi connectivity index (χ2n) is 10.3. The van der Waals surface area contributed by atoms with Gasteiger partial charge in [0.15, 0.2) is 0 Å². The lowest BCUT2D eigenvalue weighted by Gasteiger charge is -2.35. The second kappa shape index (κ2) is 12.5. The van der Waals surface area contributed by atoms with Crippen molar-refractivity contribution in [3.63, 3.8) is 0 Å². The van der Waals surface area contributed by atoms with Crippen LogP contribution >= 0.6 is 0 Å². The Labute approximate surface area is 249 Å². The number of carbonyl (C=O) groups is 1. The monoisotopic (exact) mass is 598 g/mol. The van der Waals surface area contributed by atoms with Crippen LogP contribution in [-0.4, -0.2) is 62.8 Å². The number of phenolic OH excluding ortho intramolecular Hbond substituents is 2. The molecule has 1 saturated heterocycles. The van der Waals surface area contributed by atoms with Crippen LogP contribution < -0.4 is 0 Å². The molecule has 1 fully saturated rings. The Morgan fingerprint density at radius 3 is 2.00 bits per heavy atom. The number of sulfonamides is 1. The molecular weight excluding hydrogens is 568 g/mol. The molecule has 3 N–H and O–H groups in total. The predicted molar refractivity (Wildman–Crippen MR) is 158 cm³/mol. The number of rotatable bonds is 8. The van der Waals surface area contributed by atoms with E-state index in [2.05, 4.69) is 0 Å². The molecule has 0 radical (unpaired) electrons. The van der Waals surface area contributed by atoms with Gasteiger partial charge < -0.3 is 20.2 Å². The van der Waals surface area contributed by atoms with Crippen LogP contribution in [0, 0.1) is 11.3 Å². The van der Waals surface area contributed by atoms with Gasteiger partial charge in [-0.2, -0.15) is 5.26 Å². The van der Waals surface area contributed by atoms with Crippen LogP contribution in [-0.2, 0) is 29.5 Å². The van der Waals surface area contributed by atoms with E-state index in [9.17, 15) is 33.8 Å². The van der Waals surface area contributed by atoms with E-state index in [-0.39, 0.29) is 41.5 Å². The minimum Gasteiger partial charge on any atom is -0.508 e. The van der Waals surface area contributed by atoms with Crippen molar-refractivity contribution in [2.45, 2.75) is 36.6 Å². The molecule has 0 aliphatic carbocycles. The lowest BCUT2D eigenvalue weighted by atomic mass is 9.99. The van der Waals surface area contributed by atoms with Crippen LogP contribution in [0.15, 0.2) is 108 Å². The van der Waals surface area contributed by atoms with Crippen molar-refractivity contribution < 1.29 is 28.5 Å². The van der Waals surface area contributed by atoms with Crippen molar-refractivity contribution >= 4 is 16.1 Å². The third-order valence-electron chi connectivity index (χ3n) is 7.31. The molecule has 0 bridgehead atoms. The van der Waals surface area contributed by atoms with Gasteiger partial charge in [0, 0.05) is 6.54 Å². The van der Waals surface area contributed by atoms with Gasteiger partial charge in [-0.15, -0.1) is 4.41 Å². The van der Waals surface area contributed by atoms with Crippen molar-refractivity contribution in [2.75, 3.05) is 6.54 Å². The van der Waals surface area contributed by atoms with E-state index in [1.807, 2.05) is 36.4 Å². The van der Waals surface area contributed by atoms with Crippen LogP contribution in [0.4, 0.5) is 4.79 Å². The van der Waals surface area contributed by atoms with Crippen LogP contribution in [0.2, 0.25) is 0 Å². The van der Waals surface area contributed by atoms with Gasteiger partial charge in [-0.05, 0) is 65.6 Å². The average molecular weight is 599 g/mol. The molecule has 1 heterocycles. The third-order valence-corrected chi connectivity index (χ3v) is 9.06. The maximum atomic E-state index is 14.5. The summed E-state index contributed by atoms with van der Waals surface area (Å²) in [4.78, 5) is 15.8. The van der Waals surface area contributed by atoms with Gasteiger partial charge in [0.05, 0.1) is 41.8 Å². The van der Waals surface area contributed by atoms with E-state index in [0.29, 0.717) is 11.1 Å². The summed E-state index contributed by atoms with van der Waals surface area (Å²) >= 11 is 0. The van der Waals surface area contributed by atoms with E-state index < -0.39 is 34.7 Å². The first kappa shape index (κ1) is 29.6. The number of aliphatic hydroxyl groups is 1. The molecule has 5 rings (SSSR count). The summed E-state index contributed by atoms with van der Waals surface area (Å²) < 4.78 is 29.2. The summed E-state index contributed by atoms with van der Waals surface area (Å²) in [5, 5.41) is 41.8. The number of nitrogens with zero attached hydrogens (tertiary/aromatic N) is 4. The SMILES string of the molecule is N#Cc1cccc(S(=O)(=O)N2C[C@@H](O)[C@@H](Cc3ccccc3)N(Cc3ccc(O)cc3)C(=O)N2Cc2ccc(O)cc2)c1. The lowest BCUT2D eigenvalue weighted by Crippen LogP contribution is -2.52. The number of β-amino-alcohol motifs (C(OH)–C–C–N with tert-alkyl or cyclic N) is 1. The molecule has 0 saturated carbocycles. The van der Waals surface area contributed by atoms with Gasteiger partial charge in [0.2, 0.25) is 0 Å². The van der Waals surface area contributed by atoms with Crippen LogP contribution in [0.1, 0.15) is 22.3 Å². The summed E-state index contributed by atoms with van der Waals surface area (Å²) in [6.45, 7) is -0.600. The maximum Gasteiger partial charge on any atom is 0.336 e. The third kappa shape index (κ3) is 6.62. The van der Waals surface area contributed by atoms with Crippen LogP contribution in [0.5, 0.6) is 11.5 Å². The number of nitriles is 1. The molecule has 11 heteroatoms. The summed E-state index contributed by atoms with van der Waals surface area (Å²) in [6.07, 6.45) is -1.06. The Morgan fingerprint density at radius 1 is 0.791 bits per heavy atom. The molecule has 1 aliphatic rings. The Bertz CT molecular complexity index is 1720. The summed E-state index contributed by atoms with van der Waals surface area (Å²) in [5.74, 6) is 0.0636. The molecule has 10 nitrogen and oxygen atoms in total. The number of amides is 2. The van der Waals surface area contributed by atoms with Gasteiger partial charge in [-0.25, -0.2) is 18.2 Å². The fraction of sp³-hybridized carbons (Fsp3) is 0.188. The summed E-state index contributed by atoms with van der Waals surface area (Å²) in [5.41, 5.74) is 2.18. The Balaban J connectivity index is 1.63. The van der Waals surface area contributed by atoms with Gasteiger partial charge in [-0.1, -0.05) is 60.7 Å². The van der Waals surface area contributed by atoms with E-state index >= 15 is 0 Å². The largest absolute Gasteiger partial charge is 0.508 e. The summed E-state index contributed by atoms with van der Waals surface area (Å²) in [6, 6.07) is 27.6. The van der Waals surface area contributed by atoms with Crippen molar-refractivity contribution in [3.8, 4) is 17.6 Å². The highest BCUT2D eigenvalue weighted by molar-refractivity contribution is 7.89. The normalized spacial score (nSPS) is 17.8. The lowest BCUT2D eigenvalue weighted by molar-refractivity contribution is 0.0549. The number of urea groups is 1. The molecule has 0 aromatic heterocycles. The first-order chi connectivity index (χ1) is 20.7. The van der Waals surface area contributed by atoms with Crippen molar-refractivity contribution in [1.29, 1.82) is 5.26 Å². The molecule has 1 aliphatic heterocycles. The molecule has 4 aromatic carbocycles. The number of aliphatic hydroxyl groups excluding tert-OH is 1. The quantitative estimate of drug-likeness (QED) is 0.278. The first-order valence-electron chi connectivity index (χ1n) is 13.5. The van der Waals surface area contributed by atoms with E-state index in [1.54, 1.807) is 24.3 Å². The second-order valence-corrected chi connectivity index (χ2v) is 12.1. The number of phenols is 2. The number of hydrogen-bond acceptors (Lipinski definition) is 7. The highest BCUT2D eigenvalue weighted by Gasteiger charge is 2.45. The van der Waals surface area contributed by atoms with E-state index in [0.717, 1.165) is 15.0 Å². The smallest absolute Gasteiger partial charge is 0.336 e. The zero-order chi connectivity index (χ0) is 30.6. The minimum atomic E-state index is -4.44. The zero-order valence-electron chi connectivity index (χ0n) is 23.1. The Morgan fingerprint density at radius 2 is 1.40 bits per heavy atom. The van der Waals surface area contributed by atoms with Crippen molar-refractivity contribution in [2.24, 2.45) is 0 Å². The topological polar surface area (TPSA) is 145 Å². The molecule has 43 heavy (non-hydrogen) atoms. The number of hydrogen-bond donors (Lipinski definition) is 3. The van der Waals surface area contributed by atoms with Gasteiger partial charge in [-0.3, -0.25) is 0 Å². The summed E-state index contributed by atoms with van der Waals surface area (Å²) in [7, 11) is -4.44. The van der Waals surface area contributed by atoms with Crippen molar-refractivity contribution in [3.05, 3.63) is 125 Å². The average Bonchev–Trinajstić information content (AvgIpc) is 3.11. The predicted octanol–water partition coefficient (Wildman–Crippen LogP) is 3.99. The van der Waals surface area contributed by atoms with E-state index in [4.69, 9.17) is 0 Å². The first-order valence-corrected chi connectivity index (χ1v) is 15.0. The molecule has 0 spiro atoms. The fourth-order valence-electron chi connectivity index (χ4n) is 5.05. The zero-order valence-corrected chi connectivity index (χ0v) is 23.9. The maximum absolute atomic E-state index is 14.5. The number of hydrazine groups is 1. The number of aromatic hydroxyl groups is 2. The van der Waals surface area contributed by atoms with E-state index in [1.165, 1.54) is 53.4 Å². The Hall–Kier alpha value is -4.89. The molecule has 2 amide bonds. The molecule has 2 atom stereocenters. The standard InChI is InChI=1S/C32H30N4O6S/c33-19-26-7-4-8-29(17-26)43(41,42)36-22-31(39)30(18-23-5-2-1-3-6-23)34(20-24-9-13-27(37)14-10-24)32(40)35(36)21-25-11-15-28(38)16-12-25/h1-17,30-31,37-39H,18,20-22H2/t30-,31-/m1/s1. The van der Waals surface area contributed by atoms with Gasteiger partial charge >= 0.3 is 6.03 Å². The highest BCUT2D eigenvalue weighted by Crippen LogP contribution is 2.30. The number of benzene rings is 4. The molecule has 220 valence electrons. The highest BCUT2D eigenvalue weighted by atomic mass is 32.2. The fourth-order valence-corrected chi connectivity index (χ4v) is 6.56. The Kier molecular flexibility index (Phi) is 8.63. The molecular formula is C32H30N4O6S. The van der Waals surface area contributed by atoms with Gasteiger partial charge in [0.1, 0.15) is 11.5 Å². The molecule has 4 aromatic rings. The van der Waals surface area contributed by atoms with Gasteiger partial charge in [0.25, 0.3) is 10.0 Å². The minimum absolute atomic E-state index is 0.0102. The molecule has 0 unspecified atom stereocenters. The van der Waals surface area contributed by atoms with Crippen LogP contribution in [0.3, 0.4) is 0 Å². The van der Waals surface area contributed by atoms with Crippen LogP contribution in [0.25, 0.3) is 0 Å². The van der Waals surface area contributed by atoms with Crippen molar-refractivity contribution in [1.82, 2.24) is 14.3 Å².